The Morgan fingerprint density at radius 1 is 1.04 bits per heavy atom. The molecule has 1 amide bonds. The number of nitrogens with zero attached hydrogens (tertiary/aromatic N) is 1. The predicted octanol–water partition coefficient (Wildman–Crippen LogP) is 4.00. The molecule has 1 saturated carbocycles. The second-order valence-corrected chi connectivity index (χ2v) is 9.02. The summed E-state index contributed by atoms with van der Waals surface area (Å²) in [6.07, 6.45) is 4.99. The minimum absolute atomic E-state index is 0.0110. The van der Waals surface area contributed by atoms with Crippen LogP contribution in [-0.4, -0.2) is 31.7 Å². The van der Waals surface area contributed by atoms with Crippen LogP contribution in [0.2, 0.25) is 0 Å². The van der Waals surface area contributed by atoms with Gasteiger partial charge in [-0.25, -0.2) is 8.42 Å². The van der Waals surface area contributed by atoms with Gasteiger partial charge in [-0.05, 0) is 43.2 Å². The maximum Gasteiger partial charge on any atom is 0.259 e. The van der Waals surface area contributed by atoms with Crippen LogP contribution in [-0.2, 0) is 10.0 Å². The molecule has 7 heteroatoms. The van der Waals surface area contributed by atoms with E-state index < -0.39 is 10.0 Å². The number of hydrogen-bond acceptors (Lipinski definition) is 4. The molecule has 0 unspecified atom stereocenters. The third-order valence-corrected chi connectivity index (χ3v) is 7.22. The van der Waals surface area contributed by atoms with Gasteiger partial charge in [-0.15, -0.1) is 0 Å². The van der Waals surface area contributed by atoms with Gasteiger partial charge in [-0.1, -0.05) is 31.4 Å². The zero-order chi connectivity index (χ0) is 19.0. The van der Waals surface area contributed by atoms with Gasteiger partial charge in [0, 0.05) is 13.1 Å². The quantitative estimate of drug-likeness (QED) is 0.865. The van der Waals surface area contributed by atoms with Crippen molar-refractivity contribution in [2.24, 2.45) is 0 Å². The molecule has 1 heterocycles. The standard InChI is InChI=1S/C20H22N2O4S/c1-22(14-7-3-2-4-8-14)27(24,25)15-11-12-18-16(13-15)20(23)21-17-9-5-6-10-19(17)26-18/h5-6,9-14H,2-4,7-8H2,1H3,(H,21,23). The number of rotatable bonds is 3. The van der Waals surface area contributed by atoms with E-state index in [0.29, 0.717) is 17.2 Å². The Labute approximate surface area is 159 Å². The molecule has 0 atom stereocenters. The molecule has 1 N–H and O–H groups in total. The van der Waals surface area contributed by atoms with Gasteiger partial charge in [0.05, 0.1) is 16.1 Å². The summed E-state index contributed by atoms with van der Waals surface area (Å²) in [6.45, 7) is 0. The molecule has 0 radical (unpaired) electrons. The second kappa shape index (κ2) is 6.98. The minimum atomic E-state index is -3.68. The van der Waals surface area contributed by atoms with Crippen LogP contribution in [0.5, 0.6) is 11.5 Å². The lowest BCUT2D eigenvalue weighted by atomic mass is 9.96. The van der Waals surface area contributed by atoms with Crippen LogP contribution in [0.25, 0.3) is 0 Å². The van der Waals surface area contributed by atoms with Crippen LogP contribution in [0.4, 0.5) is 5.69 Å². The average molecular weight is 386 g/mol. The van der Waals surface area contributed by atoms with Gasteiger partial charge >= 0.3 is 0 Å². The van der Waals surface area contributed by atoms with E-state index in [1.807, 2.05) is 6.07 Å². The molecule has 1 fully saturated rings. The average Bonchev–Trinajstić information content (AvgIpc) is 2.83. The van der Waals surface area contributed by atoms with E-state index >= 15 is 0 Å². The van der Waals surface area contributed by atoms with E-state index in [2.05, 4.69) is 5.32 Å². The lowest BCUT2D eigenvalue weighted by molar-refractivity contribution is 0.102. The molecule has 142 valence electrons. The molecule has 2 aromatic carbocycles. The number of fused-ring (bicyclic) bond motifs is 2. The second-order valence-electron chi connectivity index (χ2n) is 7.02. The molecule has 1 aliphatic carbocycles. The normalized spacial score (nSPS) is 17.5. The number of anilines is 1. The van der Waals surface area contributed by atoms with E-state index in [9.17, 15) is 13.2 Å². The van der Waals surface area contributed by atoms with Crippen molar-refractivity contribution in [1.82, 2.24) is 4.31 Å². The van der Waals surface area contributed by atoms with Crippen LogP contribution in [0.3, 0.4) is 0 Å². The number of nitrogens with one attached hydrogen (secondary N) is 1. The molecule has 2 aromatic rings. The maximum absolute atomic E-state index is 13.1. The zero-order valence-electron chi connectivity index (χ0n) is 15.1. The number of para-hydroxylation sites is 2. The first-order valence-corrected chi connectivity index (χ1v) is 10.6. The first-order chi connectivity index (χ1) is 13.0. The summed E-state index contributed by atoms with van der Waals surface area (Å²) in [5, 5.41) is 2.78. The highest BCUT2D eigenvalue weighted by atomic mass is 32.2. The van der Waals surface area contributed by atoms with Crippen LogP contribution < -0.4 is 10.1 Å². The van der Waals surface area contributed by atoms with E-state index in [1.165, 1.54) is 16.4 Å². The number of sulfonamides is 1. The van der Waals surface area contributed by atoms with Gasteiger partial charge in [0.1, 0.15) is 5.75 Å². The Kier molecular flexibility index (Phi) is 4.65. The summed E-state index contributed by atoms with van der Waals surface area (Å²) in [7, 11) is -2.05. The molecule has 0 aromatic heterocycles. The van der Waals surface area contributed by atoms with Crippen LogP contribution in [0.1, 0.15) is 42.5 Å². The molecular weight excluding hydrogens is 364 g/mol. The Hall–Kier alpha value is -2.38. The van der Waals surface area contributed by atoms with Crippen LogP contribution in [0.15, 0.2) is 47.4 Å². The number of carbonyl (C=O) groups is 1. The fourth-order valence-electron chi connectivity index (χ4n) is 3.71. The first-order valence-electron chi connectivity index (χ1n) is 9.17. The third-order valence-electron chi connectivity index (χ3n) is 5.32. The largest absolute Gasteiger partial charge is 0.454 e. The minimum Gasteiger partial charge on any atom is -0.454 e. The lowest BCUT2D eigenvalue weighted by Gasteiger charge is -2.30. The Morgan fingerprint density at radius 3 is 2.56 bits per heavy atom. The molecule has 4 rings (SSSR count). The maximum atomic E-state index is 13.1. The Morgan fingerprint density at radius 2 is 1.78 bits per heavy atom. The van der Waals surface area contributed by atoms with Crippen LogP contribution in [0, 0.1) is 0 Å². The summed E-state index contributed by atoms with van der Waals surface area (Å²) in [6, 6.07) is 11.6. The molecular formula is C20H22N2O4S. The highest BCUT2D eigenvalue weighted by molar-refractivity contribution is 7.89. The van der Waals surface area contributed by atoms with Crippen molar-refractivity contribution in [3.8, 4) is 11.5 Å². The molecule has 0 spiro atoms. The number of hydrogen-bond donors (Lipinski definition) is 1. The number of carbonyl (C=O) groups excluding carboxylic acids is 1. The van der Waals surface area contributed by atoms with Crippen molar-refractivity contribution in [3.63, 3.8) is 0 Å². The Balaban J connectivity index is 1.68. The molecule has 0 saturated heterocycles. The van der Waals surface area contributed by atoms with Crippen molar-refractivity contribution in [2.45, 2.75) is 43.0 Å². The van der Waals surface area contributed by atoms with Gasteiger partial charge < -0.3 is 10.1 Å². The molecule has 27 heavy (non-hydrogen) atoms. The van der Waals surface area contributed by atoms with Gasteiger partial charge in [-0.3, -0.25) is 4.79 Å². The molecule has 1 aliphatic heterocycles. The smallest absolute Gasteiger partial charge is 0.259 e. The third kappa shape index (κ3) is 3.33. The van der Waals surface area contributed by atoms with Crippen molar-refractivity contribution < 1.29 is 17.9 Å². The van der Waals surface area contributed by atoms with Gasteiger partial charge in [0.25, 0.3) is 5.91 Å². The summed E-state index contributed by atoms with van der Waals surface area (Å²) in [5.41, 5.74) is 0.770. The van der Waals surface area contributed by atoms with E-state index in [4.69, 9.17) is 4.74 Å². The molecule has 6 nitrogen and oxygen atoms in total. The topological polar surface area (TPSA) is 75.7 Å². The zero-order valence-corrected chi connectivity index (χ0v) is 16.0. The van der Waals surface area contributed by atoms with Crippen LogP contribution >= 0.6 is 0 Å². The monoisotopic (exact) mass is 386 g/mol. The summed E-state index contributed by atoms with van der Waals surface area (Å²) >= 11 is 0. The van der Waals surface area contributed by atoms with Crippen molar-refractivity contribution in [3.05, 3.63) is 48.0 Å². The first kappa shape index (κ1) is 18.0. The fourth-order valence-corrected chi connectivity index (χ4v) is 5.15. The highest BCUT2D eigenvalue weighted by Gasteiger charge is 2.31. The molecule has 2 aliphatic rings. The van der Waals surface area contributed by atoms with Crippen molar-refractivity contribution >= 4 is 21.6 Å². The van der Waals surface area contributed by atoms with Gasteiger partial charge in [-0.2, -0.15) is 4.31 Å². The van der Waals surface area contributed by atoms with E-state index in [0.717, 1.165) is 32.1 Å². The molecule has 0 bridgehead atoms. The van der Waals surface area contributed by atoms with Crippen molar-refractivity contribution in [1.29, 1.82) is 0 Å². The van der Waals surface area contributed by atoms with E-state index in [-0.39, 0.29) is 22.4 Å². The van der Waals surface area contributed by atoms with E-state index in [1.54, 1.807) is 31.3 Å². The van der Waals surface area contributed by atoms with Gasteiger partial charge in [0.2, 0.25) is 10.0 Å². The number of benzene rings is 2. The lowest BCUT2D eigenvalue weighted by Crippen LogP contribution is -2.38. The summed E-state index contributed by atoms with van der Waals surface area (Å²) in [4.78, 5) is 12.7. The predicted molar refractivity (Wildman–Crippen MR) is 103 cm³/mol. The number of amides is 1. The summed E-state index contributed by atoms with van der Waals surface area (Å²) < 4.78 is 33.4. The number of ether oxygens (including phenoxy) is 1. The highest BCUT2D eigenvalue weighted by Crippen LogP contribution is 2.37. The Bertz CT molecular complexity index is 981. The fraction of sp³-hybridized carbons (Fsp3) is 0.350. The van der Waals surface area contributed by atoms with Gasteiger partial charge in [0.15, 0.2) is 5.75 Å². The summed E-state index contributed by atoms with van der Waals surface area (Å²) in [5.74, 6) is 0.489. The SMILES string of the molecule is CN(C1CCCCC1)S(=O)(=O)c1ccc2c(c1)C(=O)Nc1ccccc1O2. The van der Waals surface area contributed by atoms with Crippen molar-refractivity contribution in [2.75, 3.05) is 12.4 Å².